The molecule has 4 N–H and O–H groups in total. The van der Waals surface area contributed by atoms with E-state index >= 15 is 0 Å². The lowest BCUT2D eigenvalue weighted by Crippen LogP contribution is -2.54. The zero-order chi connectivity index (χ0) is 22.6. The van der Waals surface area contributed by atoms with Crippen LogP contribution in [-0.4, -0.2) is 59.2 Å². The van der Waals surface area contributed by atoms with Crippen LogP contribution < -0.4 is 10.6 Å². The number of nitrogens with one attached hydrogen (secondary N) is 2. The number of aliphatic hydroxyl groups excluding tert-OH is 2. The van der Waals surface area contributed by atoms with Gasteiger partial charge in [-0.15, -0.1) is 0 Å². The minimum atomic E-state index is -0.948. The van der Waals surface area contributed by atoms with E-state index in [1.807, 2.05) is 60.7 Å². The Labute approximate surface area is 188 Å². The zero-order valence-corrected chi connectivity index (χ0v) is 18.3. The maximum absolute atomic E-state index is 10.8. The zero-order valence-electron chi connectivity index (χ0n) is 18.3. The maximum Gasteiger partial charge on any atom is 0.192 e. The van der Waals surface area contributed by atoms with Crippen LogP contribution >= 0.6 is 0 Å². The average Bonchev–Trinajstić information content (AvgIpc) is 3.26. The van der Waals surface area contributed by atoms with Gasteiger partial charge in [-0.3, -0.25) is 0 Å². The Balaban J connectivity index is 1.46. The van der Waals surface area contributed by atoms with E-state index in [4.69, 9.17) is 14.2 Å². The molecule has 0 saturated carbocycles. The van der Waals surface area contributed by atoms with Crippen molar-refractivity contribution in [1.82, 2.24) is 10.6 Å². The van der Waals surface area contributed by atoms with Crippen molar-refractivity contribution in [3.63, 3.8) is 0 Å². The Morgan fingerprint density at radius 2 is 1.69 bits per heavy atom. The number of rotatable bonds is 7. The first-order chi connectivity index (χ1) is 15.4. The molecule has 2 saturated heterocycles. The van der Waals surface area contributed by atoms with Crippen molar-refractivity contribution in [3.05, 3.63) is 71.8 Å². The molecule has 2 aliphatic rings. The topological polar surface area (TPSA) is 105 Å². The second-order valence-corrected chi connectivity index (χ2v) is 8.48. The Morgan fingerprint density at radius 3 is 2.31 bits per heavy atom. The fourth-order valence-corrected chi connectivity index (χ4v) is 3.94. The van der Waals surface area contributed by atoms with E-state index in [1.165, 1.54) is 0 Å². The molecule has 8 nitrogen and oxygen atoms in total. The van der Waals surface area contributed by atoms with Crippen LogP contribution in [0.1, 0.15) is 25.0 Å². The van der Waals surface area contributed by atoms with Crippen molar-refractivity contribution in [2.24, 2.45) is 4.99 Å². The fraction of sp³-hybridized carbons (Fsp3) is 0.458. The molecule has 2 aromatic rings. The van der Waals surface area contributed by atoms with Crippen molar-refractivity contribution < 1.29 is 24.4 Å². The summed E-state index contributed by atoms with van der Waals surface area (Å²) in [7, 11) is 0. The van der Waals surface area contributed by atoms with Crippen LogP contribution in [0, 0.1) is 0 Å². The van der Waals surface area contributed by atoms with Crippen LogP contribution in [0.5, 0.6) is 0 Å². The Hall–Kier alpha value is -2.49. The van der Waals surface area contributed by atoms with Crippen LogP contribution in [0.2, 0.25) is 0 Å². The van der Waals surface area contributed by atoms with Gasteiger partial charge in [0.2, 0.25) is 0 Å². The number of aliphatic imine (C=N–C) groups is 1. The monoisotopic (exact) mass is 441 g/mol. The van der Waals surface area contributed by atoms with Gasteiger partial charge in [0, 0.05) is 6.54 Å². The molecule has 8 heteroatoms. The van der Waals surface area contributed by atoms with Crippen molar-refractivity contribution in [2.75, 3.05) is 6.61 Å². The second kappa shape index (κ2) is 9.97. The molecule has 5 atom stereocenters. The van der Waals surface area contributed by atoms with Crippen LogP contribution in [0.3, 0.4) is 0 Å². The third-order valence-electron chi connectivity index (χ3n) is 5.53. The predicted octanol–water partition coefficient (Wildman–Crippen LogP) is 1.52. The van der Waals surface area contributed by atoms with Crippen molar-refractivity contribution in [3.8, 4) is 0 Å². The number of ether oxygens (including phenoxy) is 3. The molecule has 0 bridgehead atoms. The standard InChI is InChI=1S/C24H31N3O5/c1-24(2)31-21-19(29)20(30-22(21)32-24)18(15-28)27-23(25-13-16-9-5-3-6-10-16)26-14-17-11-7-4-8-12-17/h3-12,18-22,28-29H,13-15H2,1-2H3,(H2,25,26,27)/t18-,19+,20-,21-,22-/m1/s1. The van der Waals surface area contributed by atoms with Gasteiger partial charge in [0.05, 0.1) is 19.2 Å². The Kier molecular flexibility index (Phi) is 7.07. The molecule has 0 unspecified atom stereocenters. The first kappa shape index (κ1) is 22.7. The molecule has 4 rings (SSSR count). The minimum Gasteiger partial charge on any atom is -0.394 e. The molecule has 2 fully saturated rings. The minimum absolute atomic E-state index is 0.262. The van der Waals surface area contributed by atoms with E-state index in [9.17, 15) is 10.2 Å². The summed E-state index contributed by atoms with van der Waals surface area (Å²) in [5.74, 6) is -0.310. The van der Waals surface area contributed by atoms with Crippen molar-refractivity contribution >= 4 is 5.96 Å². The maximum atomic E-state index is 10.8. The van der Waals surface area contributed by atoms with Gasteiger partial charge in [0.25, 0.3) is 0 Å². The molecule has 0 aliphatic carbocycles. The fourth-order valence-electron chi connectivity index (χ4n) is 3.94. The molecule has 0 spiro atoms. The summed E-state index contributed by atoms with van der Waals surface area (Å²) in [5.41, 5.74) is 2.16. The number of nitrogens with zero attached hydrogens (tertiary/aromatic N) is 1. The Bertz CT molecular complexity index is 893. The smallest absolute Gasteiger partial charge is 0.192 e. The number of hydrogen-bond donors (Lipinski definition) is 4. The number of guanidine groups is 1. The summed E-state index contributed by atoms with van der Waals surface area (Å²) >= 11 is 0. The first-order valence-corrected chi connectivity index (χ1v) is 10.9. The summed E-state index contributed by atoms with van der Waals surface area (Å²) in [6.07, 6.45) is -2.95. The quantitative estimate of drug-likeness (QED) is 0.381. The molecular formula is C24H31N3O5. The van der Waals surface area contributed by atoms with Crippen molar-refractivity contribution in [1.29, 1.82) is 0 Å². The SMILES string of the molecule is CC1(C)O[C@H]2O[C@H]([C@@H](CO)NC(=NCc3ccccc3)NCc3ccccc3)[C@H](O)[C@H]2O1. The summed E-state index contributed by atoms with van der Waals surface area (Å²) in [4.78, 5) is 4.67. The number of benzene rings is 2. The highest BCUT2D eigenvalue weighted by Gasteiger charge is 2.56. The van der Waals surface area contributed by atoms with E-state index in [-0.39, 0.29) is 6.61 Å². The summed E-state index contributed by atoms with van der Waals surface area (Å²) in [6, 6.07) is 19.3. The largest absolute Gasteiger partial charge is 0.394 e. The lowest BCUT2D eigenvalue weighted by atomic mass is 10.0. The Morgan fingerprint density at radius 1 is 1.03 bits per heavy atom. The lowest BCUT2D eigenvalue weighted by Gasteiger charge is -2.29. The van der Waals surface area contributed by atoms with Gasteiger partial charge < -0.3 is 35.1 Å². The second-order valence-electron chi connectivity index (χ2n) is 8.48. The third-order valence-corrected chi connectivity index (χ3v) is 5.53. The van der Waals surface area contributed by atoms with Crippen LogP contribution in [0.15, 0.2) is 65.7 Å². The molecule has 32 heavy (non-hydrogen) atoms. The first-order valence-electron chi connectivity index (χ1n) is 10.9. The number of hydrogen-bond acceptors (Lipinski definition) is 6. The van der Waals surface area contributed by atoms with E-state index in [0.29, 0.717) is 19.0 Å². The molecule has 2 heterocycles. The van der Waals surface area contributed by atoms with E-state index < -0.39 is 36.4 Å². The highest BCUT2D eigenvalue weighted by molar-refractivity contribution is 5.80. The van der Waals surface area contributed by atoms with Crippen LogP contribution in [-0.2, 0) is 27.3 Å². The summed E-state index contributed by atoms with van der Waals surface area (Å²) in [5, 5.41) is 27.4. The van der Waals surface area contributed by atoms with E-state index in [2.05, 4.69) is 15.6 Å². The van der Waals surface area contributed by atoms with Gasteiger partial charge in [-0.05, 0) is 25.0 Å². The third kappa shape index (κ3) is 5.46. The van der Waals surface area contributed by atoms with Gasteiger partial charge in [0.15, 0.2) is 18.0 Å². The van der Waals surface area contributed by atoms with Gasteiger partial charge >= 0.3 is 0 Å². The average molecular weight is 442 g/mol. The van der Waals surface area contributed by atoms with Gasteiger partial charge in [-0.25, -0.2) is 4.99 Å². The molecule has 2 aliphatic heterocycles. The van der Waals surface area contributed by atoms with Crippen LogP contribution in [0.4, 0.5) is 0 Å². The number of fused-ring (bicyclic) bond motifs is 1. The highest BCUT2D eigenvalue weighted by atomic mass is 16.8. The number of aliphatic hydroxyl groups is 2. The predicted molar refractivity (Wildman–Crippen MR) is 120 cm³/mol. The van der Waals surface area contributed by atoms with E-state index in [1.54, 1.807) is 13.8 Å². The van der Waals surface area contributed by atoms with Gasteiger partial charge in [-0.1, -0.05) is 60.7 Å². The molecular weight excluding hydrogens is 410 g/mol. The molecule has 2 aromatic carbocycles. The van der Waals surface area contributed by atoms with Gasteiger partial charge in [-0.2, -0.15) is 0 Å². The highest BCUT2D eigenvalue weighted by Crippen LogP contribution is 2.38. The summed E-state index contributed by atoms with van der Waals surface area (Å²) < 4.78 is 17.4. The molecule has 0 aromatic heterocycles. The normalized spacial score (nSPS) is 27.7. The van der Waals surface area contributed by atoms with Crippen molar-refractivity contribution in [2.45, 2.75) is 63.4 Å². The molecule has 0 radical (unpaired) electrons. The van der Waals surface area contributed by atoms with E-state index in [0.717, 1.165) is 11.1 Å². The molecule has 0 amide bonds. The lowest BCUT2D eigenvalue weighted by molar-refractivity contribution is -0.218. The molecule has 172 valence electrons. The van der Waals surface area contributed by atoms with Gasteiger partial charge in [0.1, 0.15) is 18.3 Å². The summed E-state index contributed by atoms with van der Waals surface area (Å²) in [6.45, 7) is 4.31. The van der Waals surface area contributed by atoms with Crippen LogP contribution in [0.25, 0.3) is 0 Å².